The van der Waals surface area contributed by atoms with Crippen molar-refractivity contribution >= 4 is 50.7 Å². The maximum atomic E-state index is 12.4. The Labute approximate surface area is 114 Å². The summed E-state index contributed by atoms with van der Waals surface area (Å²) in [7, 11) is 0. The summed E-state index contributed by atoms with van der Waals surface area (Å²) in [5.41, 5.74) is 4.64. The van der Waals surface area contributed by atoms with Gasteiger partial charge < -0.3 is 5.73 Å². The van der Waals surface area contributed by atoms with Crippen LogP contribution in [0.15, 0.2) is 21.6 Å². The summed E-state index contributed by atoms with van der Waals surface area (Å²) >= 11 is 14.1. The first-order valence-corrected chi connectivity index (χ1v) is 5.91. The van der Waals surface area contributed by atoms with Crippen LogP contribution in [0.2, 0.25) is 5.02 Å². The van der Waals surface area contributed by atoms with Gasteiger partial charge in [0.05, 0.1) is 22.2 Å². The Balaban J connectivity index is 3.30. The third-order valence-corrected chi connectivity index (χ3v) is 2.90. The number of alkyl halides is 4. The summed E-state index contributed by atoms with van der Waals surface area (Å²) in [6.45, 7) is 0. The van der Waals surface area contributed by atoms with Gasteiger partial charge in [0.2, 0.25) is 0 Å². The largest absolute Gasteiger partial charge is 0.416 e. The summed E-state index contributed by atoms with van der Waals surface area (Å²) in [6, 6.07) is 1.67. The summed E-state index contributed by atoms with van der Waals surface area (Å²) in [5, 5.41) is -0.153. The minimum atomic E-state index is -4.47. The molecule has 0 bridgehead atoms. The lowest BCUT2D eigenvalue weighted by atomic mass is 10.2. The molecule has 0 radical (unpaired) electrons. The van der Waals surface area contributed by atoms with E-state index in [4.69, 9.17) is 28.9 Å². The van der Waals surface area contributed by atoms with Crippen molar-refractivity contribution in [1.82, 2.24) is 0 Å². The van der Waals surface area contributed by atoms with E-state index in [1.807, 2.05) is 0 Å². The minimum absolute atomic E-state index is 0.0379. The molecule has 0 unspecified atom stereocenters. The SMILES string of the molecule is NC(CCl)=Nc1c(Cl)cc(C(F)(F)F)cc1Br. The van der Waals surface area contributed by atoms with Crippen molar-refractivity contribution < 1.29 is 13.2 Å². The Hall–Kier alpha value is -0.460. The first kappa shape index (κ1) is 14.6. The molecule has 0 aliphatic carbocycles. The van der Waals surface area contributed by atoms with Gasteiger partial charge in [-0.15, -0.1) is 11.6 Å². The van der Waals surface area contributed by atoms with Gasteiger partial charge in [-0.25, -0.2) is 4.99 Å². The summed E-state index contributed by atoms with van der Waals surface area (Å²) in [6.07, 6.45) is -4.47. The van der Waals surface area contributed by atoms with Gasteiger partial charge in [0.25, 0.3) is 0 Å². The number of hydrogen-bond donors (Lipinski definition) is 1. The molecule has 0 aliphatic heterocycles. The number of hydrogen-bond acceptors (Lipinski definition) is 1. The van der Waals surface area contributed by atoms with Crippen molar-refractivity contribution in [1.29, 1.82) is 0 Å². The van der Waals surface area contributed by atoms with Crippen LogP contribution in [0, 0.1) is 0 Å². The monoisotopic (exact) mass is 348 g/mol. The molecule has 17 heavy (non-hydrogen) atoms. The maximum absolute atomic E-state index is 12.4. The molecule has 1 rings (SSSR count). The van der Waals surface area contributed by atoms with Crippen LogP contribution in [0.3, 0.4) is 0 Å². The normalized spacial score (nSPS) is 12.9. The number of aliphatic imine (C=N–C) groups is 1. The Bertz CT molecular complexity index is 437. The average Bonchev–Trinajstić information content (AvgIpc) is 2.21. The van der Waals surface area contributed by atoms with Crippen LogP contribution in [0.1, 0.15) is 5.56 Å². The second-order valence-electron chi connectivity index (χ2n) is 3.02. The molecule has 0 fully saturated rings. The fourth-order valence-electron chi connectivity index (χ4n) is 1.01. The van der Waals surface area contributed by atoms with E-state index in [0.29, 0.717) is 0 Å². The van der Waals surface area contributed by atoms with Gasteiger partial charge in [0.15, 0.2) is 0 Å². The van der Waals surface area contributed by atoms with Crippen molar-refractivity contribution in [2.45, 2.75) is 6.18 Å². The highest BCUT2D eigenvalue weighted by Gasteiger charge is 2.31. The summed E-state index contributed by atoms with van der Waals surface area (Å²) in [4.78, 5) is 3.82. The highest BCUT2D eigenvalue weighted by molar-refractivity contribution is 9.10. The van der Waals surface area contributed by atoms with Gasteiger partial charge in [-0.2, -0.15) is 13.2 Å². The number of nitrogens with zero attached hydrogens (tertiary/aromatic N) is 1. The van der Waals surface area contributed by atoms with E-state index in [1.54, 1.807) is 0 Å². The average molecular weight is 350 g/mol. The van der Waals surface area contributed by atoms with Crippen LogP contribution in [0.4, 0.5) is 18.9 Å². The molecule has 2 nitrogen and oxygen atoms in total. The molecule has 94 valence electrons. The van der Waals surface area contributed by atoms with Gasteiger partial charge in [0.1, 0.15) is 5.84 Å². The molecule has 0 spiro atoms. The van der Waals surface area contributed by atoms with Crippen LogP contribution in [0.5, 0.6) is 0 Å². The van der Waals surface area contributed by atoms with Crippen LogP contribution in [0.25, 0.3) is 0 Å². The first-order valence-electron chi connectivity index (χ1n) is 4.21. The van der Waals surface area contributed by atoms with E-state index in [9.17, 15) is 13.2 Å². The zero-order chi connectivity index (χ0) is 13.2. The smallest absolute Gasteiger partial charge is 0.386 e. The molecule has 1 aromatic carbocycles. The molecule has 1 aromatic rings. The van der Waals surface area contributed by atoms with E-state index in [2.05, 4.69) is 20.9 Å². The maximum Gasteiger partial charge on any atom is 0.416 e. The molecular weight excluding hydrogens is 344 g/mol. The van der Waals surface area contributed by atoms with Crippen LogP contribution >= 0.6 is 39.1 Å². The van der Waals surface area contributed by atoms with E-state index in [1.165, 1.54) is 0 Å². The predicted molar refractivity (Wildman–Crippen MR) is 66.2 cm³/mol. The first-order chi connectivity index (χ1) is 7.75. The number of nitrogens with two attached hydrogens (primary N) is 1. The Morgan fingerprint density at radius 2 is 2.00 bits per heavy atom. The lowest BCUT2D eigenvalue weighted by Gasteiger charge is -2.10. The number of amidine groups is 1. The third kappa shape index (κ3) is 3.76. The van der Waals surface area contributed by atoms with Crippen LogP contribution in [-0.2, 0) is 6.18 Å². The molecule has 8 heteroatoms. The molecule has 0 heterocycles. The molecule has 0 aliphatic rings. The minimum Gasteiger partial charge on any atom is -0.386 e. The molecule has 0 amide bonds. The lowest BCUT2D eigenvalue weighted by Crippen LogP contribution is -2.12. The van der Waals surface area contributed by atoms with Gasteiger partial charge in [0, 0.05) is 4.47 Å². The van der Waals surface area contributed by atoms with E-state index in [0.717, 1.165) is 12.1 Å². The third-order valence-electron chi connectivity index (χ3n) is 1.74. The van der Waals surface area contributed by atoms with Crippen LogP contribution < -0.4 is 5.73 Å². The number of benzene rings is 1. The Kier molecular flexibility index (Phi) is 4.69. The van der Waals surface area contributed by atoms with Crippen LogP contribution in [-0.4, -0.2) is 11.7 Å². The quantitative estimate of drug-likeness (QED) is 0.481. The molecule has 0 aromatic heterocycles. The molecule has 2 N–H and O–H groups in total. The van der Waals surface area contributed by atoms with Gasteiger partial charge >= 0.3 is 6.18 Å². The van der Waals surface area contributed by atoms with Crippen molar-refractivity contribution in [3.63, 3.8) is 0 Å². The van der Waals surface area contributed by atoms with Crippen molar-refractivity contribution in [3.8, 4) is 0 Å². The summed E-state index contributed by atoms with van der Waals surface area (Å²) < 4.78 is 37.4. The van der Waals surface area contributed by atoms with Crippen molar-refractivity contribution in [2.75, 3.05) is 5.88 Å². The molecular formula is C9H6BrCl2F3N2. The van der Waals surface area contributed by atoms with E-state index < -0.39 is 11.7 Å². The topological polar surface area (TPSA) is 38.4 Å². The van der Waals surface area contributed by atoms with Crippen molar-refractivity contribution in [3.05, 3.63) is 27.2 Å². The van der Waals surface area contributed by atoms with Gasteiger partial charge in [-0.1, -0.05) is 11.6 Å². The lowest BCUT2D eigenvalue weighted by molar-refractivity contribution is -0.137. The zero-order valence-corrected chi connectivity index (χ0v) is 11.3. The fraction of sp³-hybridized carbons (Fsp3) is 0.222. The Morgan fingerprint density at radius 1 is 1.41 bits per heavy atom. The standard InChI is InChI=1S/C9H6BrCl2F3N2/c10-5-1-4(9(13,14)15)2-6(12)8(5)17-7(16)3-11/h1-2H,3H2,(H2,16,17). The van der Waals surface area contributed by atoms with Gasteiger partial charge in [-0.05, 0) is 28.1 Å². The molecule has 0 saturated carbocycles. The second kappa shape index (κ2) is 5.46. The Morgan fingerprint density at radius 3 is 2.41 bits per heavy atom. The molecule has 0 saturated heterocycles. The fourth-order valence-corrected chi connectivity index (χ4v) is 1.99. The van der Waals surface area contributed by atoms with E-state index >= 15 is 0 Å². The number of halogens is 6. The highest BCUT2D eigenvalue weighted by atomic mass is 79.9. The predicted octanol–water partition coefficient (Wildman–Crippen LogP) is 4.35. The van der Waals surface area contributed by atoms with Crippen molar-refractivity contribution in [2.24, 2.45) is 10.7 Å². The molecule has 0 atom stereocenters. The number of rotatable bonds is 2. The summed E-state index contributed by atoms with van der Waals surface area (Å²) in [5.74, 6) is 0.0260. The zero-order valence-electron chi connectivity index (χ0n) is 8.15. The second-order valence-corrected chi connectivity index (χ2v) is 4.55. The van der Waals surface area contributed by atoms with E-state index in [-0.39, 0.29) is 26.9 Å². The highest BCUT2D eigenvalue weighted by Crippen LogP contribution is 2.40. The van der Waals surface area contributed by atoms with Gasteiger partial charge in [-0.3, -0.25) is 0 Å².